The van der Waals surface area contributed by atoms with Gasteiger partial charge in [0.05, 0.1) is 0 Å². The lowest BCUT2D eigenvalue weighted by Crippen LogP contribution is -2.28. The number of allylic oxidation sites excluding steroid dienone is 5. The third-order valence-electron chi connectivity index (χ3n) is 5.90. The molecule has 0 aromatic heterocycles. The molecule has 2 aliphatic rings. The summed E-state index contributed by atoms with van der Waals surface area (Å²) in [7, 11) is 0. The molecule has 0 N–H and O–H groups in total. The number of carbonyl (C=O) groups is 1. The van der Waals surface area contributed by atoms with Crippen molar-refractivity contribution in [1.82, 2.24) is 0 Å². The molecule has 2 aromatic rings. The van der Waals surface area contributed by atoms with Crippen LogP contribution in [0, 0.1) is 10.8 Å². The van der Waals surface area contributed by atoms with Crippen molar-refractivity contribution in [3.05, 3.63) is 99.7 Å². The van der Waals surface area contributed by atoms with Crippen molar-refractivity contribution >= 4 is 23.5 Å². The first-order valence-electron chi connectivity index (χ1n) is 10.7. The minimum absolute atomic E-state index is 0.174. The van der Waals surface area contributed by atoms with Gasteiger partial charge in [-0.1, -0.05) is 102 Å². The van der Waals surface area contributed by atoms with Crippen LogP contribution >= 0.6 is 0 Å². The van der Waals surface area contributed by atoms with E-state index in [0.717, 1.165) is 16.7 Å². The van der Waals surface area contributed by atoms with Crippen LogP contribution in [0.2, 0.25) is 0 Å². The van der Waals surface area contributed by atoms with Gasteiger partial charge in [0, 0.05) is 11.1 Å². The van der Waals surface area contributed by atoms with Gasteiger partial charge in [-0.2, -0.15) is 0 Å². The molecule has 0 heterocycles. The van der Waals surface area contributed by atoms with Crippen molar-refractivity contribution in [2.24, 2.45) is 10.8 Å². The van der Waals surface area contributed by atoms with Gasteiger partial charge in [0.1, 0.15) is 0 Å². The Balaban J connectivity index is 2.13. The maximum Gasteiger partial charge on any atom is 0.186 e. The van der Waals surface area contributed by atoms with Crippen LogP contribution in [0.3, 0.4) is 0 Å². The van der Waals surface area contributed by atoms with Crippen LogP contribution in [-0.4, -0.2) is 5.78 Å². The second-order valence-corrected chi connectivity index (χ2v) is 10.3. The van der Waals surface area contributed by atoms with Gasteiger partial charge < -0.3 is 0 Å². The Hall–Kier alpha value is -2.93. The molecule has 2 aliphatic carbocycles. The van der Waals surface area contributed by atoms with E-state index in [-0.39, 0.29) is 16.6 Å². The highest BCUT2D eigenvalue weighted by Crippen LogP contribution is 2.43. The van der Waals surface area contributed by atoms with Crippen LogP contribution in [0.5, 0.6) is 0 Å². The summed E-state index contributed by atoms with van der Waals surface area (Å²) in [6.07, 6.45) is 8.65. The topological polar surface area (TPSA) is 17.1 Å². The third-order valence-corrected chi connectivity index (χ3v) is 5.90. The van der Waals surface area contributed by atoms with E-state index in [0.29, 0.717) is 0 Å². The van der Waals surface area contributed by atoms with Gasteiger partial charge in [-0.05, 0) is 56.4 Å². The second-order valence-electron chi connectivity index (χ2n) is 10.3. The molecule has 2 aromatic carbocycles. The van der Waals surface area contributed by atoms with E-state index < -0.39 is 0 Å². The van der Waals surface area contributed by atoms with Gasteiger partial charge in [0.15, 0.2) is 5.78 Å². The molecule has 0 fully saturated rings. The first-order chi connectivity index (χ1) is 14.1. The zero-order chi connectivity index (χ0) is 21.7. The van der Waals surface area contributed by atoms with E-state index in [1.54, 1.807) is 0 Å². The smallest absolute Gasteiger partial charge is 0.186 e. The molecular formula is C29H30O. The summed E-state index contributed by atoms with van der Waals surface area (Å²) in [6.45, 7) is 12.8. The summed E-state index contributed by atoms with van der Waals surface area (Å²) in [5, 5.41) is 0. The molecule has 1 nitrogen and oxygen atoms in total. The SMILES string of the molecule is CC(C)(C)C1=CC(=C2c3ccccc3C=Cc3ccccc32)C=C(C(C)(C)C)C1=O. The Labute approximate surface area is 180 Å². The fourth-order valence-electron chi connectivity index (χ4n) is 4.26. The van der Waals surface area contributed by atoms with E-state index in [1.807, 2.05) is 0 Å². The summed E-state index contributed by atoms with van der Waals surface area (Å²) < 4.78 is 0. The van der Waals surface area contributed by atoms with Crippen LogP contribution in [-0.2, 0) is 4.79 Å². The average Bonchev–Trinajstić information content (AvgIpc) is 2.83. The van der Waals surface area contributed by atoms with Crippen LogP contribution < -0.4 is 0 Å². The average molecular weight is 395 g/mol. The Bertz CT molecular complexity index is 1060. The zero-order valence-corrected chi connectivity index (χ0v) is 18.8. The molecular weight excluding hydrogens is 364 g/mol. The molecule has 0 bridgehead atoms. The summed E-state index contributed by atoms with van der Waals surface area (Å²) in [6, 6.07) is 17.1. The van der Waals surface area contributed by atoms with Gasteiger partial charge in [-0.15, -0.1) is 0 Å². The quantitative estimate of drug-likeness (QED) is 0.386. The van der Waals surface area contributed by atoms with Gasteiger partial charge in [-0.25, -0.2) is 0 Å². The lowest BCUT2D eigenvalue weighted by Gasteiger charge is -2.32. The Morgan fingerprint density at radius 1 is 0.600 bits per heavy atom. The van der Waals surface area contributed by atoms with Gasteiger partial charge in [-0.3, -0.25) is 4.79 Å². The molecule has 152 valence electrons. The molecule has 1 heteroatoms. The molecule has 0 unspecified atom stereocenters. The first kappa shape index (κ1) is 20.3. The van der Waals surface area contributed by atoms with E-state index in [9.17, 15) is 4.79 Å². The molecule has 0 amide bonds. The Kier molecular flexibility index (Phi) is 4.81. The minimum Gasteiger partial charge on any atom is -0.289 e. The van der Waals surface area contributed by atoms with Crippen LogP contribution in [0.15, 0.2) is 77.4 Å². The van der Waals surface area contributed by atoms with Crippen LogP contribution in [0.1, 0.15) is 63.8 Å². The second kappa shape index (κ2) is 7.09. The molecule has 0 spiro atoms. The Morgan fingerprint density at radius 3 is 1.40 bits per heavy atom. The fraction of sp³-hybridized carbons (Fsp3) is 0.276. The van der Waals surface area contributed by atoms with E-state index >= 15 is 0 Å². The number of carbonyl (C=O) groups excluding carboxylic acids is 1. The summed E-state index contributed by atoms with van der Waals surface area (Å²) in [5.74, 6) is 0.174. The fourth-order valence-corrected chi connectivity index (χ4v) is 4.26. The van der Waals surface area contributed by atoms with E-state index in [2.05, 4.69) is 114 Å². The third kappa shape index (κ3) is 3.54. The van der Waals surface area contributed by atoms with Crippen LogP contribution in [0.25, 0.3) is 17.7 Å². The van der Waals surface area contributed by atoms with Crippen molar-refractivity contribution < 1.29 is 4.79 Å². The lowest BCUT2D eigenvalue weighted by molar-refractivity contribution is -0.114. The molecule has 30 heavy (non-hydrogen) atoms. The minimum atomic E-state index is -0.227. The molecule has 4 rings (SSSR count). The maximum absolute atomic E-state index is 13.4. The number of Topliss-reactive ketones (excluding diaryl/α,β-unsaturated/α-hetero) is 1. The van der Waals surface area contributed by atoms with Crippen molar-refractivity contribution in [3.8, 4) is 0 Å². The normalized spacial score (nSPS) is 16.5. The monoisotopic (exact) mass is 394 g/mol. The molecule has 0 saturated carbocycles. The summed E-state index contributed by atoms with van der Waals surface area (Å²) in [5.41, 5.74) is 8.43. The molecule has 0 aliphatic heterocycles. The molecule has 0 saturated heterocycles. The van der Waals surface area contributed by atoms with Crippen molar-refractivity contribution in [2.75, 3.05) is 0 Å². The van der Waals surface area contributed by atoms with E-state index in [4.69, 9.17) is 0 Å². The highest BCUT2D eigenvalue weighted by Gasteiger charge is 2.35. The zero-order valence-electron chi connectivity index (χ0n) is 18.8. The predicted molar refractivity (Wildman–Crippen MR) is 128 cm³/mol. The molecule has 0 radical (unpaired) electrons. The number of rotatable bonds is 0. The van der Waals surface area contributed by atoms with Crippen molar-refractivity contribution in [2.45, 2.75) is 41.5 Å². The summed E-state index contributed by atoms with van der Waals surface area (Å²) in [4.78, 5) is 13.4. The van der Waals surface area contributed by atoms with E-state index in [1.165, 1.54) is 27.8 Å². The Morgan fingerprint density at radius 2 is 1.00 bits per heavy atom. The van der Waals surface area contributed by atoms with Crippen molar-refractivity contribution in [1.29, 1.82) is 0 Å². The van der Waals surface area contributed by atoms with Crippen LogP contribution in [0.4, 0.5) is 0 Å². The van der Waals surface area contributed by atoms with Crippen molar-refractivity contribution in [3.63, 3.8) is 0 Å². The number of hydrogen-bond acceptors (Lipinski definition) is 1. The first-order valence-corrected chi connectivity index (χ1v) is 10.7. The standard InChI is InChI=1S/C29H30O/c1-28(2,3)24-17-21(18-25(27(24)30)29(4,5)6)26-22-13-9-7-11-19(22)15-16-20-12-8-10-14-23(20)26/h7-18H,1-6H3. The number of hydrogen-bond donors (Lipinski definition) is 0. The van der Waals surface area contributed by atoms with Gasteiger partial charge >= 0.3 is 0 Å². The number of benzene rings is 2. The molecule has 0 atom stereocenters. The highest BCUT2D eigenvalue weighted by molar-refractivity contribution is 6.13. The predicted octanol–water partition coefficient (Wildman–Crippen LogP) is 7.50. The maximum atomic E-state index is 13.4. The van der Waals surface area contributed by atoms with Gasteiger partial charge in [0.2, 0.25) is 0 Å². The highest BCUT2D eigenvalue weighted by atomic mass is 16.1. The number of ketones is 1. The largest absolute Gasteiger partial charge is 0.289 e. The van der Waals surface area contributed by atoms with Gasteiger partial charge in [0.25, 0.3) is 0 Å². The lowest BCUT2D eigenvalue weighted by atomic mass is 9.71. The number of fused-ring (bicyclic) bond motifs is 2. The summed E-state index contributed by atoms with van der Waals surface area (Å²) >= 11 is 0.